The van der Waals surface area contributed by atoms with Gasteiger partial charge in [-0.2, -0.15) is 0 Å². The fourth-order valence-electron chi connectivity index (χ4n) is 1.78. The minimum Gasteiger partial charge on any atom is -0.327 e. The van der Waals surface area contributed by atoms with Crippen LogP contribution in [-0.2, 0) is 10.0 Å². The molecule has 0 fully saturated rings. The van der Waals surface area contributed by atoms with Crippen molar-refractivity contribution in [3.8, 4) is 0 Å². The molecule has 0 aromatic heterocycles. The molecule has 1 aromatic rings. The summed E-state index contributed by atoms with van der Waals surface area (Å²) in [6, 6.07) is 3.43. The molecule has 7 heteroatoms. The Hall–Kier alpha value is 0.0500. The molecule has 0 amide bonds. The van der Waals surface area contributed by atoms with Crippen LogP contribution in [0.3, 0.4) is 0 Å². The van der Waals surface area contributed by atoms with Gasteiger partial charge in [0.25, 0.3) is 0 Å². The lowest BCUT2D eigenvalue weighted by molar-refractivity contribution is 0.397. The predicted molar refractivity (Wildman–Crippen MR) is 93.8 cm³/mol. The van der Waals surface area contributed by atoms with Crippen molar-refractivity contribution in [1.82, 2.24) is 4.31 Å². The van der Waals surface area contributed by atoms with E-state index in [1.807, 2.05) is 20.8 Å². The van der Waals surface area contributed by atoms with Crippen molar-refractivity contribution in [2.24, 2.45) is 11.7 Å². The highest BCUT2D eigenvalue weighted by molar-refractivity contribution is 9.11. The summed E-state index contributed by atoms with van der Waals surface area (Å²) in [5, 5.41) is 0. The molecule has 0 saturated carbocycles. The summed E-state index contributed by atoms with van der Waals surface area (Å²) in [6.45, 7) is 6.38. The second-order valence-corrected chi connectivity index (χ2v) is 9.28. The fourth-order valence-corrected chi connectivity index (χ4v) is 4.60. The molecule has 4 nitrogen and oxygen atoms in total. The Kier molecular flexibility index (Phi) is 6.86. The van der Waals surface area contributed by atoms with Gasteiger partial charge in [0.1, 0.15) is 0 Å². The molecule has 0 aliphatic carbocycles. The first-order valence-corrected chi connectivity index (χ1v) is 9.77. The number of nitrogens with two attached hydrogens (primary N) is 1. The number of rotatable bonds is 6. The van der Waals surface area contributed by atoms with Crippen LogP contribution in [0.5, 0.6) is 0 Å². The molecule has 0 saturated heterocycles. The van der Waals surface area contributed by atoms with E-state index < -0.39 is 10.0 Å². The smallest absolute Gasteiger partial charge is 0.243 e. The van der Waals surface area contributed by atoms with Gasteiger partial charge in [-0.3, -0.25) is 0 Å². The number of sulfonamides is 1. The Morgan fingerprint density at radius 3 is 2.33 bits per heavy atom. The summed E-state index contributed by atoms with van der Waals surface area (Å²) in [5.41, 5.74) is 6.96. The second kappa shape index (κ2) is 7.55. The van der Waals surface area contributed by atoms with E-state index in [1.54, 1.807) is 19.2 Å². The fraction of sp³-hybridized carbons (Fsp3) is 0.571. The molecular formula is C14H22Br2N2O2S. The average molecular weight is 442 g/mol. The third-order valence-corrected chi connectivity index (χ3v) is 7.20. The van der Waals surface area contributed by atoms with E-state index >= 15 is 0 Å². The Morgan fingerprint density at radius 2 is 1.81 bits per heavy atom. The van der Waals surface area contributed by atoms with Crippen LogP contribution in [0.15, 0.2) is 26.0 Å². The number of hydrogen-bond acceptors (Lipinski definition) is 3. The number of nitrogens with zero attached hydrogens (tertiary/aromatic N) is 1. The second-order valence-electron chi connectivity index (χ2n) is 5.55. The van der Waals surface area contributed by atoms with E-state index in [-0.39, 0.29) is 10.9 Å². The largest absolute Gasteiger partial charge is 0.327 e. The van der Waals surface area contributed by atoms with Gasteiger partial charge in [-0.15, -0.1) is 0 Å². The first kappa shape index (κ1) is 19.1. The lowest BCUT2D eigenvalue weighted by Gasteiger charge is -2.22. The Morgan fingerprint density at radius 1 is 1.24 bits per heavy atom. The summed E-state index contributed by atoms with van der Waals surface area (Å²) in [7, 11) is -1.94. The van der Waals surface area contributed by atoms with Gasteiger partial charge in [0.15, 0.2) is 0 Å². The van der Waals surface area contributed by atoms with Crippen LogP contribution < -0.4 is 5.73 Å². The molecule has 120 valence electrons. The van der Waals surface area contributed by atoms with Crippen molar-refractivity contribution < 1.29 is 8.42 Å². The molecule has 21 heavy (non-hydrogen) atoms. The van der Waals surface area contributed by atoms with Crippen LogP contribution in [0.4, 0.5) is 0 Å². The first-order valence-electron chi connectivity index (χ1n) is 6.75. The van der Waals surface area contributed by atoms with Crippen LogP contribution in [-0.4, -0.2) is 32.4 Å². The molecule has 1 rings (SSSR count). The molecule has 2 N–H and O–H groups in total. The van der Waals surface area contributed by atoms with E-state index in [2.05, 4.69) is 31.9 Å². The maximum absolute atomic E-state index is 12.6. The lowest BCUT2D eigenvalue weighted by atomic mass is 10.0. The van der Waals surface area contributed by atoms with Crippen LogP contribution in [0.2, 0.25) is 0 Å². The number of halogens is 2. The first-order chi connectivity index (χ1) is 9.57. The molecule has 0 radical (unpaired) electrons. The summed E-state index contributed by atoms with van der Waals surface area (Å²) in [5.74, 6) is 0.335. The molecule has 0 heterocycles. The SMILES string of the molecule is Cc1cc(Br)c(S(=O)(=O)N(C)CCC(N)C(C)C)cc1Br. The number of benzene rings is 1. The highest BCUT2D eigenvalue weighted by Gasteiger charge is 2.24. The molecule has 0 spiro atoms. The Balaban J connectivity index is 2.98. The van der Waals surface area contributed by atoms with Crippen LogP contribution in [0.25, 0.3) is 0 Å². The minimum atomic E-state index is -3.53. The van der Waals surface area contributed by atoms with Crippen LogP contribution in [0.1, 0.15) is 25.8 Å². The van der Waals surface area contributed by atoms with E-state index in [0.717, 1.165) is 10.0 Å². The third kappa shape index (κ3) is 4.76. The van der Waals surface area contributed by atoms with Gasteiger partial charge in [0.2, 0.25) is 10.0 Å². The summed E-state index contributed by atoms with van der Waals surface area (Å²) >= 11 is 6.72. The zero-order valence-corrected chi connectivity index (χ0v) is 16.7. The zero-order valence-electron chi connectivity index (χ0n) is 12.7. The van der Waals surface area contributed by atoms with Crippen molar-refractivity contribution in [1.29, 1.82) is 0 Å². The Labute approximate surface area is 144 Å². The van der Waals surface area contributed by atoms with Gasteiger partial charge < -0.3 is 5.73 Å². The highest BCUT2D eigenvalue weighted by atomic mass is 79.9. The molecule has 0 aliphatic rings. The van der Waals surface area contributed by atoms with Crippen LogP contribution >= 0.6 is 31.9 Å². The van der Waals surface area contributed by atoms with Crippen molar-refractivity contribution in [2.75, 3.05) is 13.6 Å². The quantitative estimate of drug-likeness (QED) is 0.734. The predicted octanol–water partition coefficient (Wildman–Crippen LogP) is 3.51. The molecule has 1 atom stereocenters. The standard InChI is InChI=1S/C14H22Br2N2O2S/c1-9(2)13(17)5-6-18(4)21(19,20)14-8-11(15)10(3)7-12(14)16/h7-9,13H,5-6,17H2,1-4H3. The van der Waals surface area contributed by atoms with E-state index in [0.29, 0.717) is 23.4 Å². The van der Waals surface area contributed by atoms with Gasteiger partial charge >= 0.3 is 0 Å². The zero-order chi connectivity index (χ0) is 16.4. The maximum Gasteiger partial charge on any atom is 0.243 e. The summed E-state index contributed by atoms with van der Waals surface area (Å²) in [6.07, 6.45) is 0.637. The van der Waals surface area contributed by atoms with Crippen molar-refractivity contribution >= 4 is 41.9 Å². The summed E-state index contributed by atoms with van der Waals surface area (Å²) < 4.78 is 28.0. The van der Waals surface area contributed by atoms with Crippen molar-refractivity contribution in [2.45, 2.75) is 38.1 Å². The van der Waals surface area contributed by atoms with E-state index in [4.69, 9.17) is 5.73 Å². The van der Waals surface area contributed by atoms with Gasteiger partial charge in [0.05, 0.1) is 4.90 Å². The average Bonchev–Trinajstić information content (AvgIpc) is 2.39. The van der Waals surface area contributed by atoms with Gasteiger partial charge in [-0.1, -0.05) is 29.8 Å². The molecule has 0 bridgehead atoms. The van der Waals surface area contributed by atoms with Crippen molar-refractivity contribution in [3.05, 3.63) is 26.6 Å². The third-order valence-electron chi connectivity index (χ3n) is 3.54. The normalized spacial score (nSPS) is 14.0. The number of aryl methyl sites for hydroxylation is 1. The lowest BCUT2D eigenvalue weighted by Crippen LogP contribution is -2.34. The monoisotopic (exact) mass is 440 g/mol. The van der Waals surface area contributed by atoms with Gasteiger partial charge in [-0.05, 0) is 52.9 Å². The molecular weight excluding hydrogens is 420 g/mol. The van der Waals surface area contributed by atoms with Gasteiger partial charge in [0, 0.05) is 28.6 Å². The van der Waals surface area contributed by atoms with E-state index in [9.17, 15) is 8.42 Å². The minimum absolute atomic E-state index is 0.00385. The Bertz CT molecular complexity index is 603. The van der Waals surface area contributed by atoms with Gasteiger partial charge in [-0.25, -0.2) is 12.7 Å². The van der Waals surface area contributed by atoms with Crippen molar-refractivity contribution in [3.63, 3.8) is 0 Å². The van der Waals surface area contributed by atoms with E-state index in [1.165, 1.54) is 4.31 Å². The topological polar surface area (TPSA) is 63.4 Å². The molecule has 0 aliphatic heterocycles. The number of hydrogen-bond donors (Lipinski definition) is 1. The highest BCUT2D eigenvalue weighted by Crippen LogP contribution is 2.30. The van der Waals surface area contributed by atoms with Crippen LogP contribution in [0, 0.1) is 12.8 Å². The summed E-state index contributed by atoms with van der Waals surface area (Å²) in [4.78, 5) is 0.264. The maximum atomic E-state index is 12.6. The molecule has 1 aromatic carbocycles. The molecule has 1 unspecified atom stereocenters.